The van der Waals surface area contributed by atoms with Crippen molar-refractivity contribution in [2.24, 2.45) is 0 Å². The first-order valence-electron chi connectivity index (χ1n) is 4.86. The van der Waals surface area contributed by atoms with Gasteiger partial charge in [-0.1, -0.05) is 17.7 Å². The number of benzene rings is 1. The Balaban J connectivity index is 2.97. The first-order chi connectivity index (χ1) is 7.56. The zero-order valence-corrected chi connectivity index (χ0v) is 9.57. The van der Waals surface area contributed by atoms with Gasteiger partial charge in [0.25, 0.3) is 5.69 Å². The Bertz CT molecular complexity index is 384. The van der Waals surface area contributed by atoms with Crippen LogP contribution in [-0.4, -0.2) is 22.7 Å². The molecule has 5 nitrogen and oxygen atoms in total. The van der Waals surface area contributed by atoms with Crippen molar-refractivity contribution in [3.8, 4) is 0 Å². The lowest BCUT2D eigenvalue weighted by Gasteiger charge is -2.14. The molecule has 6 heteroatoms. The third-order valence-corrected chi connectivity index (χ3v) is 2.46. The van der Waals surface area contributed by atoms with E-state index in [1.54, 1.807) is 6.07 Å². The van der Waals surface area contributed by atoms with Crippen molar-refractivity contribution in [3.63, 3.8) is 0 Å². The Morgan fingerprint density at radius 2 is 2.31 bits per heavy atom. The average Bonchev–Trinajstić information content (AvgIpc) is 2.21. The van der Waals surface area contributed by atoms with E-state index in [-0.39, 0.29) is 18.3 Å². The molecule has 0 aliphatic carbocycles. The van der Waals surface area contributed by atoms with E-state index >= 15 is 0 Å². The van der Waals surface area contributed by atoms with E-state index < -0.39 is 4.92 Å². The van der Waals surface area contributed by atoms with Crippen LogP contribution in [0.15, 0.2) is 18.2 Å². The van der Waals surface area contributed by atoms with Crippen molar-refractivity contribution in [1.29, 1.82) is 0 Å². The summed E-state index contributed by atoms with van der Waals surface area (Å²) in [6, 6.07) is 4.42. The standard InChI is InChI=1S/C10H13ClN2O3/c1-7(5-6-14)12-10-8(11)3-2-4-9(10)13(15)16/h2-4,7,12,14H,5-6H2,1H3. The molecule has 0 radical (unpaired) electrons. The second-order valence-electron chi connectivity index (χ2n) is 3.45. The molecule has 1 unspecified atom stereocenters. The smallest absolute Gasteiger partial charge is 0.293 e. The normalized spacial score (nSPS) is 12.2. The fraction of sp³-hybridized carbons (Fsp3) is 0.400. The molecule has 1 aromatic rings. The van der Waals surface area contributed by atoms with Crippen LogP contribution in [0.4, 0.5) is 11.4 Å². The summed E-state index contributed by atoms with van der Waals surface area (Å²) in [5.74, 6) is 0. The summed E-state index contributed by atoms with van der Waals surface area (Å²) < 4.78 is 0. The maximum Gasteiger partial charge on any atom is 0.293 e. The number of halogens is 1. The summed E-state index contributed by atoms with van der Waals surface area (Å²) in [6.07, 6.45) is 0.502. The molecule has 0 fully saturated rings. The molecule has 16 heavy (non-hydrogen) atoms. The summed E-state index contributed by atoms with van der Waals surface area (Å²) in [4.78, 5) is 10.3. The van der Waals surface area contributed by atoms with E-state index in [9.17, 15) is 10.1 Å². The third kappa shape index (κ3) is 3.08. The number of nitrogens with zero attached hydrogens (tertiary/aromatic N) is 1. The minimum atomic E-state index is -0.486. The van der Waals surface area contributed by atoms with E-state index in [2.05, 4.69) is 5.32 Å². The van der Waals surface area contributed by atoms with E-state index in [0.29, 0.717) is 17.1 Å². The van der Waals surface area contributed by atoms with E-state index in [0.717, 1.165) is 0 Å². The third-order valence-electron chi connectivity index (χ3n) is 2.14. The fourth-order valence-corrected chi connectivity index (χ4v) is 1.54. The first kappa shape index (κ1) is 12.7. The van der Waals surface area contributed by atoms with Crippen molar-refractivity contribution in [2.45, 2.75) is 19.4 Å². The number of anilines is 1. The minimum absolute atomic E-state index is 0.0203. The van der Waals surface area contributed by atoms with Crippen LogP contribution >= 0.6 is 11.6 Å². The molecule has 1 aromatic carbocycles. The Morgan fingerprint density at radius 1 is 1.62 bits per heavy atom. The van der Waals surface area contributed by atoms with E-state index in [1.807, 2.05) is 6.92 Å². The number of hydrogen-bond acceptors (Lipinski definition) is 4. The number of rotatable bonds is 5. The molecule has 0 aliphatic heterocycles. The summed E-state index contributed by atoms with van der Waals surface area (Å²) in [6.45, 7) is 1.84. The predicted octanol–water partition coefficient (Wildman–Crippen LogP) is 2.43. The Morgan fingerprint density at radius 3 is 2.88 bits per heavy atom. The molecule has 0 bridgehead atoms. The molecule has 1 rings (SSSR count). The van der Waals surface area contributed by atoms with Gasteiger partial charge < -0.3 is 10.4 Å². The van der Waals surface area contributed by atoms with Gasteiger partial charge in [-0.2, -0.15) is 0 Å². The lowest BCUT2D eigenvalue weighted by atomic mass is 10.2. The van der Waals surface area contributed by atoms with E-state index in [1.165, 1.54) is 12.1 Å². The monoisotopic (exact) mass is 244 g/mol. The van der Waals surface area contributed by atoms with Crippen molar-refractivity contribution >= 4 is 23.0 Å². The number of nitro groups is 1. The van der Waals surface area contributed by atoms with Gasteiger partial charge >= 0.3 is 0 Å². The summed E-state index contributed by atoms with van der Waals surface area (Å²) >= 11 is 5.89. The number of aliphatic hydroxyl groups is 1. The van der Waals surface area contributed by atoms with Crippen LogP contribution in [0, 0.1) is 10.1 Å². The van der Waals surface area contributed by atoms with Gasteiger partial charge in [0.05, 0.1) is 9.95 Å². The molecule has 1 atom stereocenters. The topological polar surface area (TPSA) is 75.4 Å². The molecule has 0 aromatic heterocycles. The highest BCUT2D eigenvalue weighted by Crippen LogP contribution is 2.32. The molecule has 2 N–H and O–H groups in total. The Hall–Kier alpha value is -1.33. The highest BCUT2D eigenvalue weighted by Gasteiger charge is 2.17. The molecule has 0 saturated heterocycles. The van der Waals surface area contributed by atoms with Crippen LogP contribution in [0.5, 0.6) is 0 Å². The second kappa shape index (κ2) is 5.67. The molecular weight excluding hydrogens is 232 g/mol. The summed E-state index contributed by atoms with van der Waals surface area (Å²) in [5.41, 5.74) is 0.243. The molecule has 0 saturated carbocycles. The number of nitro benzene ring substituents is 1. The number of aliphatic hydroxyl groups excluding tert-OH is 1. The van der Waals surface area contributed by atoms with Crippen molar-refractivity contribution in [3.05, 3.63) is 33.3 Å². The van der Waals surface area contributed by atoms with E-state index in [4.69, 9.17) is 16.7 Å². The minimum Gasteiger partial charge on any atom is -0.396 e. The summed E-state index contributed by atoms with van der Waals surface area (Å²) in [7, 11) is 0. The van der Waals surface area contributed by atoms with Gasteiger partial charge in [0.1, 0.15) is 5.69 Å². The van der Waals surface area contributed by atoms with Gasteiger partial charge in [-0.25, -0.2) is 0 Å². The highest BCUT2D eigenvalue weighted by molar-refractivity contribution is 6.33. The van der Waals surface area contributed by atoms with Crippen molar-refractivity contribution < 1.29 is 10.0 Å². The fourth-order valence-electron chi connectivity index (χ4n) is 1.32. The Labute approximate surface area is 98.2 Å². The van der Waals surface area contributed by atoms with Gasteiger partial charge in [-0.3, -0.25) is 10.1 Å². The van der Waals surface area contributed by atoms with Crippen molar-refractivity contribution in [1.82, 2.24) is 0 Å². The zero-order valence-electron chi connectivity index (χ0n) is 8.81. The van der Waals surface area contributed by atoms with Gasteiger partial charge in [-0.05, 0) is 19.4 Å². The zero-order chi connectivity index (χ0) is 12.1. The molecule has 0 spiro atoms. The maximum absolute atomic E-state index is 10.8. The quantitative estimate of drug-likeness (QED) is 0.616. The molecule has 88 valence electrons. The number of nitrogens with one attached hydrogen (secondary N) is 1. The van der Waals surface area contributed by atoms with Gasteiger partial charge in [0.2, 0.25) is 0 Å². The molecule has 0 amide bonds. The number of hydrogen-bond donors (Lipinski definition) is 2. The average molecular weight is 245 g/mol. The van der Waals surface area contributed by atoms with Crippen LogP contribution in [0.2, 0.25) is 5.02 Å². The van der Waals surface area contributed by atoms with Crippen molar-refractivity contribution in [2.75, 3.05) is 11.9 Å². The summed E-state index contributed by atoms with van der Waals surface area (Å²) in [5, 5.41) is 22.8. The lowest BCUT2D eigenvalue weighted by Crippen LogP contribution is -2.17. The largest absolute Gasteiger partial charge is 0.396 e. The second-order valence-corrected chi connectivity index (χ2v) is 3.86. The highest BCUT2D eigenvalue weighted by atomic mass is 35.5. The first-order valence-corrected chi connectivity index (χ1v) is 5.24. The molecular formula is C10H13ClN2O3. The van der Waals surface area contributed by atoms with Crippen LogP contribution in [0.25, 0.3) is 0 Å². The Kier molecular flexibility index (Phi) is 4.52. The van der Waals surface area contributed by atoms with Crippen LogP contribution in [-0.2, 0) is 0 Å². The lowest BCUT2D eigenvalue weighted by molar-refractivity contribution is -0.384. The predicted molar refractivity (Wildman–Crippen MR) is 62.9 cm³/mol. The van der Waals surface area contributed by atoms with Gasteiger partial charge in [-0.15, -0.1) is 0 Å². The van der Waals surface area contributed by atoms with Crippen LogP contribution < -0.4 is 5.32 Å². The van der Waals surface area contributed by atoms with Gasteiger partial charge in [0.15, 0.2) is 0 Å². The SMILES string of the molecule is CC(CCO)Nc1c(Cl)cccc1[N+](=O)[O-]. The van der Waals surface area contributed by atoms with Crippen LogP contribution in [0.1, 0.15) is 13.3 Å². The van der Waals surface area contributed by atoms with Gasteiger partial charge in [0, 0.05) is 18.7 Å². The molecule has 0 aliphatic rings. The molecule has 0 heterocycles. The van der Waals surface area contributed by atoms with Crippen LogP contribution in [0.3, 0.4) is 0 Å². The maximum atomic E-state index is 10.8. The number of para-hydroxylation sites is 1.